The van der Waals surface area contributed by atoms with E-state index in [-0.39, 0.29) is 0 Å². The highest BCUT2D eigenvalue weighted by Crippen LogP contribution is 2.56. The molecule has 0 fully saturated rings. The second-order valence-electron chi connectivity index (χ2n) is 2.80. The molecule has 0 aliphatic rings. The van der Waals surface area contributed by atoms with Crippen LogP contribution in [-0.2, 0) is 4.74 Å². The van der Waals surface area contributed by atoms with Crippen molar-refractivity contribution in [2.75, 3.05) is 0 Å². The zero-order valence-corrected chi connectivity index (χ0v) is 9.46. The first-order chi connectivity index (χ1) is 8.08. The Balaban J connectivity index is 5.59. The fourth-order valence-electron chi connectivity index (χ4n) is 0.576. The number of ether oxygens (including phenoxy) is 1. The van der Waals surface area contributed by atoms with Crippen molar-refractivity contribution in [3.8, 4) is 0 Å². The van der Waals surface area contributed by atoms with E-state index in [4.69, 9.17) is 0 Å². The normalized spacial score (nSPS) is 16.8. The molecule has 114 valence electrons. The molecule has 0 rings (SSSR count). The van der Waals surface area contributed by atoms with Crippen LogP contribution in [0.1, 0.15) is 0 Å². The Morgan fingerprint density at radius 3 is 1.42 bits per heavy atom. The second-order valence-corrected chi connectivity index (χ2v) is 3.80. The van der Waals surface area contributed by atoms with Gasteiger partial charge >= 0.3 is 34.6 Å². The second kappa shape index (κ2) is 5.08. The average molecular weight is 349 g/mol. The summed E-state index contributed by atoms with van der Waals surface area (Å²) in [6.07, 6.45) is -10.1. The molecular weight excluding hydrogens is 349 g/mol. The highest BCUT2D eigenvalue weighted by Gasteiger charge is 2.80. The van der Waals surface area contributed by atoms with Crippen LogP contribution in [0, 0.1) is 0 Å². The first kappa shape index (κ1) is 18.4. The fourth-order valence-corrected chi connectivity index (χ4v) is 0.805. The molecular formula is C6Cl2F10O. The van der Waals surface area contributed by atoms with Gasteiger partial charge in [0.15, 0.2) is 0 Å². The molecule has 1 atom stereocenters. The van der Waals surface area contributed by atoms with Crippen LogP contribution in [0.25, 0.3) is 0 Å². The smallest absolute Gasteiger partial charge is 0.398 e. The summed E-state index contributed by atoms with van der Waals surface area (Å²) in [7, 11) is 0. The van der Waals surface area contributed by atoms with Gasteiger partial charge in [0, 0.05) is 0 Å². The van der Waals surface area contributed by atoms with E-state index in [9.17, 15) is 43.9 Å². The van der Waals surface area contributed by atoms with E-state index in [0.717, 1.165) is 0 Å². The van der Waals surface area contributed by atoms with Crippen molar-refractivity contribution in [2.45, 2.75) is 22.5 Å². The molecule has 13 heteroatoms. The van der Waals surface area contributed by atoms with Crippen molar-refractivity contribution in [2.24, 2.45) is 0 Å². The molecule has 0 aliphatic carbocycles. The molecule has 19 heavy (non-hydrogen) atoms. The molecule has 1 nitrogen and oxygen atoms in total. The maximum absolute atomic E-state index is 12.8. The van der Waals surface area contributed by atoms with Crippen LogP contribution < -0.4 is 0 Å². The molecule has 0 aliphatic heterocycles. The quantitative estimate of drug-likeness (QED) is 0.386. The number of halogens is 12. The number of rotatable bonds is 5. The Hall–Kier alpha value is -0.580. The Morgan fingerprint density at radius 1 is 0.789 bits per heavy atom. The van der Waals surface area contributed by atoms with Gasteiger partial charge < -0.3 is 4.74 Å². The summed E-state index contributed by atoms with van der Waals surface area (Å²) < 4.78 is 124. The van der Waals surface area contributed by atoms with Gasteiger partial charge in [0.2, 0.25) is 0 Å². The molecule has 0 bridgehead atoms. The van der Waals surface area contributed by atoms with Crippen LogP contribution in [0.4, 0.5) is 43.9 Å². The van der Waals surface area contributed by atoms with E-state index >= 15 is 0 Å². The molecule has 0 aromatic carbocycles. The SMILES string of the molecule is FC(F)=C(F)OC(F)(F)C(F)(F)C(F)(Cl)C(F)(F)Cl. The summed E-state index contributed by atoms with van der Waals surface area (Å²) in [6, 6.07) is -3.53. The molecule has 0 amide bonds. The highest BCUT2D eigenvalue weighted by atomic mass is 35.5. The third-order valence-corrected chi connectivity index (χ3v) is 2.31. The van der Waals surface area contributed by atoms with Crippen molar-refractivity contribution < 1.29 is 48.6 Å². The van der Waals surface area contributed by atoms with E-state index in [2.05, 4.69) is 27.9 Å². The lowest BCUT2D eigenvalue weighted by Crippen LogP contribution is -2.60. The van der Waals surface area contributed by atoms with Crippen LogP contribution in [-0.4, -0.2) is 22.5 Å². The lowest BCUT2D eigenvalue weighted by Gasteiger charge is -2.34. The summed E-state index contributed by atoms with van der Waals surface area (Å²) >= 11 is 7.62. The monoisotopic (exact) mass is 348 g/mol. The number of hydrogen-bond donors (Lipinski definition) is 0. The van der Waals surface area contributed by atoms with E-state index < -0.39 is 34.6 Å². The number of hydrogen-bond acceptors (Lipinski definition) is 1. The lowest BCUT2D eigenvalue weighted by molar-refractivity contribution is -0.373. The molecule has 0 radical (unpaired) electrons. The van der Waals surface area contributed by atoms with Crippen LogP contribution in [0.2, 0.25) is 0 Å². The van der Waals surface area contributed by atoms with Crippen molar-refractivity contribution >= 4 is 23.2 Å². The first-order valence-electron chi connectivity index (χ1n) is 3.68. The van der Waals surface area contributed by atoms with Crippen molar-refractivity contribution in [1.82, 2.24) is 0 Å². The van der Waals surface area contributed by atoms with Crippen LogP contribution in [0.5, 0.6) is 0 Å². The highest BCUT2D eigenvalue weighted by molar-refractivity contribution is 6.33. The van der Waals surface area contributed by atoms with Gasteiger partial charge in [-0.1, -0.05) is 11.6 Å². The van der Waals surface area contributed by atoms with Gasteiger partial charge in [0.1, 0.15) is 0 Å². The van der Waals surface area contributed by atoms with E-state index in [1.54, 1.807) is 0 Å². The van der Waals surface area contributed by atoms with Gasteiger partial charge in [-0.2, -0.15) is 39.5 Å². The zero-order valence-electron chi connectivity index (χ0n) is 7.94. The standard InChI is InChI=1S/C6Cl2F10O/c7-3(12,5(8,15)16)4(13,14)6(17,18)19-2(11)1(9)10. The topological polar surface area (TPSA) is 9.23 Å². The van der Waals surface area contributed by atoms with Gasteiger partial charge in [0.25, 0.3) is 0 Å². The fraction of sp³-hybridized carbons (Fsp3) is 0.667. The van der Waals surface area contributed by atoms with Crippen LogP contribution >= 0.6 is 23.2 Å². The molecule has 1 unspecified atom stereocenters. The van der Waals surface area contributed by atoms with Gasteiger partial charge in [0.05, 0.1) is 0 Å². The van der Waals surface area contributed by atoms with E-state index in [1.165, 1.54) is 0 Å². The van der Waals surface area contributed by atoms with Crippen LogP contribution in [0.15, 0.2) is 12.1 Å². The number of alkyl halides is 9. The molecule has 0 spiro atoms. The average Bonchev–Trinajstić information content (AvgIpc) is 2.14. The van der Waals surface area contributed by atoms with E-state index in [0.29, 0.717) is 0 Å². The Kier molecular flexibility index (Phi) is 4.92. The lowest BCUT2D eigenvalue weighted by atomic mass is 10.2. The molecule has 0 saturated heterocycles. The predicted octanol–water partition coefficient (Wildman–Crippen LogP) is 5.00. The predicted molar refractivity (Wildman–Crippen MR) is 41.8 cm³/mol. The van der Waals surface area contributed by atoms with Gasteiger partial charge in [-0.3, -0.25) is 0 Å². The third-order valence-electron chi connectivity index (χ3n) is 1.48. The molecule has 0 aromatic rings. The first-order valence-corrected chi connectivity index (χ1v) is 4.43. The summed E-state index contributed by atoms with van der Waals surface area (Å²) in [6.45, 7) is 0. The summed E-state index contributed by atoms with van der Waals surface area (Å²) in [4.78, 5) is 0. The largest absolute Gasteiger partial charge is 0.471 e. The Bertz CT molecular complexity index is 369. The maximum atomic E-state index is 12.8. The molecule has 0 saturated carbocycles. The van der Waals surface area contributed by atoms with Gasteiger partial charge in [-0.25, -0.2) is 4.39 Å². The summed E-state index contributed by atoms with van der Waals surface area (Å²) in [5.41, 5.74) is 0. The molecule has 0 N–H and O–H groups in total. The van der Waals surface area contributed by atoms with Crippen LogP contribution in [0.3, 0.4) is 0 Å². The summed E-state index contributed by atoms with van der Waals surface area (Å²) in [5.74, 6) is -6.65. The molecule has 0 aromatic heterocycles. The third kappa shape index (κ3) is 3.30. The Morgan fingerprint density at radius 2 is 1.16 bits per heavy atom. The minimum absolute atomic E-state index is 2.11. The minimum Gasteiger partial charge on any atom is -0.398 e. The minimum atomic E-state index is -6.65. The Labute approximate surface area is 107 Å². The molecule has 0 heterocycles. The maximum Gasteiger partial charge on any atom is 0.471 e. The van der Waals surface area contributed by atoms with Crippen molar-refractivity contribution in [1.29, 1.82) is 0 Å². The van der Waals surface area contributed by atoms with E-state index in [1.807, 2.05) is 0 Å². The summed E-state index contributed by atoms with van der Waals surface area (Å²) in [5, 5.41) is -11.7. The van der Waals surface area contributed by atoms with Crippen molar-refractivity contribution in [3.05, 3.63) is 12.1 Å². The van der Waals surface area contributed by atoms with Gasteiger partial charge in [-0.05, 0) is 11.6 Å². The van der Waals surface area contributed by atoms with Gasteiger partial charge in [-0.15, -0.1) is 0 Å². The van der Waals surface area contributed by atoms with Crippen molar-refractivity contribution in [3.63, 3.8) is 0 Å². The zero-order chi connectivity index (χ0) is 15.9.